The topological polar surface area (TPSA) is 49.3 Å². The first kappa shape index (κ1) is 13.0. The zero-order valence-corrected chi connectivity index (χ0v) is 9.77. The Hall–Kier alpha value is -1.43. The van der Waals surface area contributed by atoms with E-state index < -0.39 is 17.7 Å². The van der Waals surface area contributed by atoms with Gasteiger partial charge < -0.3 is 10.4 Å². The van der Waals surface area contributed by atoms with E-state index in [0.717, 1.165) is 6.07 Å². The molecule has 1 aliphatic rings. The second-order valence-corrected chi connectivity index (χ2v) is 4.61. The van der Waals surface area contributed by atoms with Crippen LogP contribution in [0.15, 0.2) is 18.2 Å². The Balaban J connectivity index is 2.24. The molecule has 0 saturated heterocycles. The van der Waals surface area contributed by atoms with Gasteiger partial charge in [-0.05, 0) is 31.0 Å². The van der Waals surface area contributed by atoms with Crippen molar-refractivity contribution in [1.82, 2.24) is 0 Å². The van der Waals surface area contributed by atoms with Crippen LogP contribution in [0.5, 0.6) is 0 Å². The van der Waals surface area contributed by atoms with E-state index in [-0.39, 0.29) is 29.1 Å². The summed E-state index contributed by atoms with van der Waals surface area (Å²) in [5, 5.41) is 11.0. The van der Waals surface area contributed by atoms with Crippen molar-refractivity contribution < 1.29 is 23.1 Å². The van der Waals surface area contributed by atoms with Gasteiger partial charge in [-0.1, -0.05) is 11.6 Å². The van der Waals surface area contributed by atoms with Crippen LogP contribution in [0, 0.1) is 0 Å². The summed E-state index contributed by atoms with van der Waals surface area (Å²) < 4.78 is 38.2. The van der Waals surface area contributed by atoms with E-state index in [2.05, 4.69) is 5.32 Å². The van der Waals surface area contributed by atoms with Crippen LogP contribution in [0.2, 0.25) is 5.02 Å². The molecule has 1 aliphatic carbocycles. The fourth-order valence-corrected chi connectivity index (χ4v) is 1.84. The van der Waals surface area contributed by atoms with Gasteiger partial charge in [-0.15, -0.1) is 0 Å². The molecule has 2 N–H and O–H groups in total. The van der Waals surface area contributed by atoms with E-state index >= 15 is 0 Å². The number of rotatable bonds is 3. The summed E-state index contributed by atoms with van der Waals surface area (Å²) in [5.74, 6) is -1.18. The number of anilines is 1. The van der Waals surface area contributed by atoms with Gasteiger partial charge in [0.2, 0.25) is 0 Å². The molecule has 98 valence electrons. The Morgan fingerprint density at radius 1 is 1.39 bits per heavy atom. The molecule has 0 radical (unpaired) electrons. The highest BCUT2D eigenvalue weighted by Crippen LogP contribution is 2.51. The molecule has 0 aliphatic heterocycles. The van der Waals surface area contributed by atoms with E-state index in [4.69, 9.17) is 16.7 Å². The Morgan fingerprint density at radius 3 is 2.39 bits per heavy atom. The van der Waals surface area contributed by atoms with Crippen LogP contribution < -0.4 is 5.32 Å². The van der Waals surface area contributed by atoms with Gasteiger partial charge in [0.15, 0.2) is 0 Å². The van der Waals surface area contributed by atoms with Crippen LogP contribution in [-0.2, 0) is 0 Å². The zero-order chi connectivity index (χ0) is 13.6. The van der Waals surface area contributed by atoms with Crippen molar-refractivity contribution in [2.24, 2.45) is 0 Å². The molecule has 0 spiro atoms. The number of hydrogen-bond donors (Lipinski definition) is 2. The number of carbonyl (C=O) groups is 1. The number of halogens is 4. The predicted octanol–water partition coefficient (Wildman–Crippen LogP) is 3.55. The molecule has 0 heterocycles. The molecule has 0 unspecified atom stereocenters. The maximum atomic E-state index is 12.7. The highest BCUT2D eigenvalue weighted by atomic mass is 35.5. The van der Waals surface area contributed by atoms with Crippen LogP contribution in [-0.4, -0.2) is 22.8 Å². The van der Waals surface area contributed by atoms with Gasteiger partial charge in [-0.25, -0.2) is 4.79 Å². The summed E-state index contributed by atoms with van der Waals surface area (Å²) in [7, 11) is 0. The number of aromatic carboxylic acids is 1. The van der Waals surface area contributed by atoms with Gasteiger partial charge >= 0.3 is 12.1 Å². The first-order valence-electron chi connectivity index (χ1n) is 5.13. The van der Waals surface area contributed by atoms with Gasteiger partial charge in [0.05, 0.1) is 16.3 Å². The number of benzene rings is 1. The largest absolute Gasteiger partial charge is 0.478 e. The Kier molecular flexibility index (Phi) is 2.93. The van der Waals surface area contributed by atoms with Gasteiger partial charge in [-0.2, -0.15) is 13.2 Å². The molecule has 0 bridgehead atoms. The molecule has 1 aromatic carbocycles. The molecule has 1 aromatic rings. The summed E-state index contributed by atoms with van der Waals surface area (Å²) >= 11 is 5.76. The molecule has 0 atom stereocenters. The average molecular weight is 280 g/mol. The van der Waals surface area contributed by atoms with E-state index in [1.54, 1.807) is 0 Å². The zero-order valence-electron chi connectivity index (χ0n) is 9.01. The quantitative estimate of drug-likeness (QED) is 0.890. The molecule has 0 aromatic heterocycles. The van der Waals surface area contributed by atoms with E-state index in [0.29, 0.717) is 0 Å². The van der Waals surface area contributed by atoms with Crippen molar-refractivity contribution in [3.8, 4) is 0 Å². The molecule has 1 fully saturated rings. The molecule has 3 nitrogen and oxygen atoms in total. The number of hydrogen-bond acceptors (Lipinski definition) is 2. The van der Waals surface area contributed by atoms with E-state index in [1.165, 1.54) is 12.1 Å². The first-order chi connectivity index (χ1) is 8.25. The molecule has 18 heavy (non-hydrogen) atoms. The summed E-state index contributed by atoms with van der Waals surface area (Å²) in [5.41, 5.74) is -1.89. The minimum atomic E-state index is -4.35. The average Bonchev–Trinajstić information content (AvgIpc) is 3.01. The molecule has 2 rings (SSSR count). The summed E-state index contributed by atoms with van der Waals surface area (Å²) in [6, 6.07) is 3.58. The van der Waals surface area contributed by atoms with Gasteiger partial charge in [0.1, 0.15) is 5.54 Å². The third-order valence-electron chi connectivity index (χ3n) is 2.88. The molecular weight excluding hydrogens is 271 g/mol. The smallest absolute Gasteiger partial charge is 0.411 e. The van der Waals surface area contributed by atoms with Crippen LogP contribution in [0.3, 0.4) is 0 Å². The minimum Gasteiger partial charge on any atom is -0.478 e. The van der Waals surface area contributed by atoms with Crippen LogP contribution >= 0.6 is 11.6 Å². The number of nitrogens with one attached hydrogen (secondary N) is 1. The molecule has 0 amide bonds. The summed E-state index contributed by atoms with van der Waals surface area (Å²) in [6.07, 6.45) is -4.36. The summed E-state index contributed by atoms with van der Waals surface area (Å²) in [6.45, 7) is 0. The van der Waals surface area contributed by atoms with Crippen molar-refractivity contribution in [2.75, 3.05) is 5.32 Å². The monoisotopic (exact) mass is 279 g/mol. The number of alkyl halides is 3. The molecular formula is C11H9ClF3NO2. The minimum absolute atomic E-state index is 0.00644. The Labute approximate surface area is 106 Å². The lowest BCUT2D eigenvalue weighted by atomic mass is 10.1. The second kappa shape index (κ2) is 4.05. The lowest BCUT2D eigenvalue weighted by Gasteiger charge is -2.22. The third kappa shape index (κ3) is 2.25. The van der Waals surface area contributed by atoms with Crippen molar-refractivity contribution >= 4 is 23.3 Å². The predicted molar refractivity (Wildman–Crippen MR) is 60.1 cm³/mol. The van der Waals surface area contributed by atoms with E-state index in [9.17, 15) is 18.0 Å². The van der Waals surface area contributed by atoms with Crippen molar-refractivity contribution in [3.63, 3.8) is 0 Å². The van der Waals surface area contributed by atoms with Crippen molar-refractivity contribution in [2.45, 2.75) is 24.6 Å². The third-order valence-corrected chi connectivity index (χ3v) is 3.20. The Morgan fingerprint density at radius 2 is 2.00 bits per heavy atom. The van der Waals surface area contributed by atoms with E-state index in [1.807, 2.05) is 0 Å². The fourth-order valence-electron chi connectivity index (χ4n) is 1.61. The lowest BCUT2D eigenvalue weighted by molar-refractivity contribution is -0.151. The highest BCUT2D eigenvalue weighted by Gasteiger charge is 2.63. The lowest BCUT2D eigenvalue weighted by Crippen LogP contribution is -2.38. The Bertz CT molecular complexity index is 498. The standard InChI is InChI=1S/C11H9ClF3NO2/c12-7-5-6(9(17)18)1-2-8(7)16-10(3-4-10)11(13,14)15/h1-2,5,16H,3-4H2,(H,17,18). The van der Waals surface area contributed by atoms with Crippen molar-refractivity contribution in [1.29, 1.82) is 0 Å². The fraction of sp³-hybridized carbons (Fsp3) is 0.364. The highest BCUT2D eigenvalue weighted by molar-refractivity contribution is 6.33. The summed E-state index contributed by atoms with van der Waals surface area (Å²) in [4.78, 5) is 10.7. The van der Waals surface area contributed by atoms with Gasteiger partial charge in [-0.3, -0.25) is 0 Å². The van der Waals surface area contributed by atoms with Crippen LogP contribution in [0.1, 0.15) is 23.2 Å². The number of carboxylic acids is 1. The number of carboxylic acid groups (broad SMARTS) is 1. The van der Waals surface area contributed by atoms with Crippen LogP contribution in [0.25, 0.3) is 0 Å². The van der Waals surface area contributed by atoms with Crippen molar-refractivity contribution in [3.05, 3.63) is 28.8 Å². The maximum absolute atomic E-state index is 12.7. The van der Waals surface area contributed by atoms with Gasteiger partial charge in [0, 0.05) is 0 Å². The first-order valence-corrected chi connectivity index (χ1v) is 5.51. The normalized spacial score (nSPS) is 17.3. The molecule has 1 saturated carbocycles. The van der Waals surface area contributed by atoms with Gasteiger partial charge in [0.25, 0.3) is 0 Å². The van der Waals surface area contributed by atoms with Crippen LogP contribution in [0.4, 0.5) is 18.9 Å². The molecule has 7 heteroatoms. The maximum Gasteiger partial charge on any atom is 0.411 e. The second-order valence-electron chi connectivity index (χ2n) is 4.20. The SMILES string of the molecule is O=C(O)c1ccc(NC2(C(F)(F)F)CC2)c(Cl)c1.